The molecule has 5 nitrogen and oxygen atoms in total. The highest BCUT2D eigenvalue weighted by molar-refractivity contribution is 14.0. The number of nitrogens with one attached hydrogen (secondary N) is 1. The van der Waals surface area contributed by atoms with Crippen molar-refractivity contribution in [3.05, 3.63) is 29.8 Å². The van der Waals surface area contributed by atoms with E-state index in [0.717, 1.165) is 16.5 Å². The van der Waals surface area contributed by atoms with Crippen molar-refractivity contribution in [1.29, 1.82) is 0 Å². The quantitative estimate of drug-likeness (QED) is 0.604. The van der Waals surface area contributed by atoms with Gasteiger partial charge in [-0.15, -0.1) is 24.0 Å². The van der Waals surface area contributed by atoms with Crippen molar-refractivity contribution >= 4 is 30.1 Å². The number of aromatic hydroxyl groups is 1. The molecule has 0 fully saturated rings. The SMILES string of the molecule is CCC(c1ccccc1O)[N+](C)(C)C.CNC(=O)[O-].I. The van der Waals surface area contributed by atoms with E-state index in [1.54, 1.807) is 6.07 Å². The number of hydrogen-bond acceptors (Lipinski definition) is 3. The largest absolute Gasteiger partial charge is 0.530 e. The fourth-order valence-electron chi connectivity index (χ4n) is 1.95. The zero-order valence-corrected chi connectivity index (χ0v) is 15.0. The van der Waals surface area contributed by atoms with Crippen molar-refractivity contribution in [3.63, 3.8) is 0 Å². The molecule has 0 radical (unpaired) electrons. The van der Waals surface area contributed by atoms with E-state index in [0.29, 0.717) is 11.8 Å². The van der Waals surface area contributed by atoms with Crippen LogP contribution in [-0.2, 0) is 0 Å². The molecule has 1 rings (SSSR count). The standard InChI is InChI=1S/C12H19NO.C2H5NO2.HI/c1-5-11(13(2,3)4)10-8-6-7-9-12(10)14;1-3-2(4)5;/h6-9,11H,5H2,1-4H3;3H,1H3,(H,4,5);1H. The maximum Gasteiger partial charge on any atom is 0.133 e. The maximum absolute atomic E-state index is 9.77. The Hall–Kier alpha value is -1.02. The van der Waals surface area contributed by atoms with Crippen LogP contribution in [0.4, 0.5) is 4.79 Å². The average Bonchev–Trinajstić information content (AvgIpc) is 2.31. The van der Waals surface area contributed by atoms with E-state index >= 15 is 0 Å². The van der Waals surface area contributed by atoms with E-state index in [9.17, 15) is 5.11 Å². The van der Waals surface area contributed by atoms with Crippen molar-refractivity contribution in [2.45, 2.75) is 19.4 Å². The Morgan fingerprint density at radius 1 is 1.35 bits per heavy atom. The van der Waals surface area contributed by atoms with Crippen LogP contribution in [0.25, 0.3) is 0 Å². The third-order valence-corrected chi connectivity index (χ3v) is 2.82. The Labute approximate surface area is 138 Å². The van der Waals surface area contributed by atoms with Crippen molar-refractivity contribution < 1.29 is 19.5 Å². The molecule has 0 bridgehead atoms. The first-order valence-electron chi connectivity index (χ1n) is 6.21. The predicted molar refractivity (Wildman–Crippen MR) is 89.0 cm³/mol. The number of phenolic OH excluding ortho intramolecular Hbond substituents is 1. The van der Waals surface area contributed by atoms with Gasteiger partial charge in [-0.3, -0.25) is 0 Å². The Balaban J connectivity index is 0. The van der Waals surface area contributed by atoms with Crippen molar-refractivity contribution in [3.8, 4) is 5.75 Å². The summed E-state index contributed by atoms with van der Waals surface area (Å²) < 4.78 is 0.841. The minimum Gasteiger partial charge on any atom is -0.530 e. The molecular formula is C14H25IN2O3. The molecule has 20 heavy (non-hydrogen) atoms. The molecule has 1 unspecified atom stereocenters. The summed E-state index contributed by atoms with van der Waals surface area (Å²) in [5.41, 5.74) is 1.04. The number of para-hydroxylation sites is 1. The number of nitrogens with zero attached hydrogens (tertiary/aromatic N) is 1. The lowest BCUT2D eigenvalue weighted by Crippen LogP contribution is -2.38. The monoisotopic (exact) mass is 396 g/mol. The molecule has 0 saturated heterocycles. The third kappa shape index (κ3) is 7.54. The molecule has 0 aliphatic carbocycles. The topological polar surface area (TPSA) is 72.4 Å². The van der Waals surface area contributed by atoms with Crippen molar-refractivity contribution in [1.82, 2.24) is 5.32 Å². The number of carboxylic acid groups (broad SMARTS) is 1. The van der Waals surface area contributed by atoms with Crippen LogP contribution in [0.1, 0.15) is 24.9 Å². The van der Waals surface area contributed by atoms with Gasteiger partial charge in [0.2, 0.25) is 0 Å². The zero-order chi connectivity index (χ0) is 15.1. The smallest absolute Gasteiger partial charge is 0.133 e. The molecule has 6 heteroatoms. The predicted octanol–water partition coefficient (Wildman–Crippen LogP) is 1.72. The Morgan fingerprint density at radius 2 is 1.80 bits per heavy atom. The van der Waals surface area contributed by atoms with Gasteiger partial charge in [0.15, 0.2) is 0 Å². The van der Waals surface area contributed by atoms with Gasteiger partial charge in [0.1, 0.15) is 17.9 Å². The summed E-state index contributed by atoms with van der Waals surface area (Å²) >= 11 is 0. The van der Waals surface area contributed by atoms with E-state index in [2.05, 4.69) is 28.1 Å². The number of phenols is 1. The van der Waals surface area contributed by atoms with Crippen LogP contribution < -0.4 is 10.4 Å². The highest BCUT2D eigenvalue weighted by atomic mass is 127. The van der Waals surface area contributed by atoms with Crippen molar-refractivity contribution in [2.24, 2.45) is 0 Å². The molecule has 0 aliphatic heterocycles. The number of halogens is 1. The molecule has 1 amide bonds. The van der Waals surface area contributed by atoms with E-state index in [1.807, 2.05) is 23.5 Å². The minimum absolute atomic E-state index is 0. The normalized spacial score (nSPS) is 11.4. The first-order valence-corrected chi connectivity index (χ1v) is 6.21. The second kappa shape index (κ2) is 9.82. The van der Waals surface area contributed by atoms with Gasteiger partial charge >= 0.3 is 0 Å². The van der Waals surface area contributed by atoms with E-state index < -0.39 is 6.09 Å². The first-order chi connectivity index (χ1) is 8.73. The lowest BCUT2D eigenvalue weighted by Gasteiger charge is -2.34. The van der Waals surface area contributed by atoms with Gasteiger partial charge in [-0.1, -0.05) is 19.1 Å². The number of amides is 1. The van der Waals surface area contributed by atoms with Crippen LogP contribution in [-0.4, -0.2) is 43.9 Å². The Kier molecular flexibility index (Phi) is 10.4. The number of carbonyl (C=O) groups excluding carboxylic acids is 1. The van der Waals surface area contributed by atoms with Crippen LogP contribution in [0.15, 0.2) is 24.3 Å². The summed E-state index contributed by atoms with van der Waals surface area (Å²) in [5, 5.41) is 20.7. The first kappa shape index (κ1) is 21.3. The number of quaternary nitrogens is 1. The highest BCUT2D eigenvalue weighted by Gasteiger charge is 2.25. The Morgan fingerprint density at radius 3 is 2.10 bits per heavy atom. The molecular weight excluding hydrogens is 371 g/mol. The van der Waals surface area contributed by atoms with Gasteiger partial charge in [-0.2, -0.15) is 0 Å². The van der Waals surface area contributed by atoms with E-state index in [-0.39, 0.29) is 24.0 Å². The second-order valence-corrected chi connectivity index (χ2v) is 5.14. The molecule has 0 aromatic heterocycles. The zero-order valence-electron chi connectivity index (χ0n) is 12.7. The molecule has 1 atom stereocenters. The van der Waals surface area contributed by atoms with Crippen LogP contribution in [0.3, 0.4) is 0 Å². The molecule has 0 heterocycles. The number of hydrogen-bond donors (Lipinski definition) is 2. The number of carbonyl (C=O) groups is 1. The summed E-state index contributed by atoms with van der Waals surface area (Å²) in [6.07, 6.45) is -0.217. The molecule has 116 valence electrons. The van der Waals surface area contributed by atoms with Gasteiger partial charge in [0, 0.05) is 13.5 Å². The lowest BCUT2D eigenvalue weighted by molar-refractivity contribution is -0.902. The second-order valence-electron chi connectivity index (χ2n) is 5.14. The van der Waals surface area contributed by atoms with E-state index in [4.69, 9.17) is 9.90 Å². The number of rotatable bonds is 3. The lowest BCUT2D eigenvalue weighted by atomic mass is 10.0. The molecule has 0 aliphatic rings. The molecule has 0 saturated carbocycles. The summed E-state index contributed by atoms with van der Waals surface area (Å²) in [5.74, 6) is 0.410. The minimum atomic E-state index is -1.25. The summed E-state index contributed by atoms with van der Waals surface area (Å²) in [6, 6.07) is 7.96. The van der Waals surface area contributed by atoms with Gasteiger partial charge in [-0.05, 0) is 12.1 Å². The molecule has 1 aromatic carbocycles. The number of benzene rings is 1. The summed E-state index contributed by atoms with van der Waals surface area (Å²) in [6.45, 7) is 2.15. The van der Waals surface area contributed by atoms with Gasteiger partial charge < -0.3 is 24.8 Å². The fraction of sp³-hybridized carbons (Fsp3) is 0.500. The van der Waals surface area contributed by atoms with Crippen LogP contribution >= 0.6 is 24.0 Å². The highest BCUT2D eigenvalue weighted by Crippen LogP contribution is 2.32. The molecule has 1 aromatic rings. The third-order valence-electron chi connectivity index (χ3n) is 2.82. The molecule has 0 spiro atoms. The van der Waals surface area contributed by atoms with Gasteiger partial charge in [-0.25, -0.2) is 0 Å². The Bertz CT molecular complexity index is 406. The summed E-state index contributed by atoms with van der Waals surface area (Å²) in [7, 11) is 7.75. The fourth-order valence-corrected chi connectivity index (χ4v) is 1.95. The van der Waals surface area contributed by atoms with E-state index in [1.165, 1.54) is 7.05 Å². The van der Waals surface area contributed by atoms with Crippen LogP contribution in [0, 0.1) is 0 Å². The van der Waals surface area contributed by atoms with Crippen LogP contribution in [0.5, 0.6) is 5.75 Å². The summed E-state index contributed by atoms with van der Waals surface area (Å²) in [4.78, 5) is 9.15. The van der Waals surface area contributed by atoms with Gasteiger partial charge in [0.25, 0.3) is 0 Å². The van der Waals surface area contributed by atoms with Crippen molar-refractivity contribution in [2.75, 3.05) is 28.2 Å². The average molecular weight is 396 g/mol. The van der Waals surface area contributed by atoms with Crippen LogP contribution in [0.2, 0.25) is 0 Å². The maximum atomic E-state index is 9.77. The molecule has 2 N–H and O–H groups in total. The van der Waals surface area contributed by atoms with Gasteiger partial charge in [0.05, 0.1) is 26.7 Å².